The topological polar surface area (TPSA) is 17.1 Å². The molecule has 0 heterocycles. The van der Waals surface area contributed by atoms with Gasteiger partial charge in [0.25, 0.3) is 0 Å². The third-order valence-corrected chi connectivity index (χ3v) is 3.23. The molecule has 0 aliphatic heterocycles. The molecule has 2 saturated carbocycles. The number of Topliss-reactive ketones (excluding diaryl/α,β-unsaturated/α-hetero) is 1. The maximum atomic E-state index is 11.0. The van der Waals surface area contributed by atoms with Crippen LogP contribution in [-0.4, -0.2) is 5.78 Å². The van der Waals surface area contributed by atoms with Crippen molar-refractivity contribution in [1.29, 1.82) is 0 Å². The minimum Gasteiger partial charge on any atom is -0.300 e. The summed E-state index contributed by atoms with van der Waals surface area (Å²) in [6.45, 7) is 1.74. The van der Waals surface area contributed by atoms with Crippen LogP contribution in [0.3, 0.4) is 0 Å². The molecule has 1 unspecified atom stereocenters. The third kappa shape index (κ3) is 0.882. The summed E-state index contributed by atoms with van der Waals surface area (Å²) in [5, 5.41) is 0. The molecule has 0 aromatic rings. The normalized spacial score (nSPS) is 34.7. The number of rotatable bonds is 1. The standard InChI is InChI=1S/C9H14O/c1-7(10)8-2-3-9(6-8)4-5-9/h8H,2-6H2,1H3. The highest BCUT2D eigenvalue weighted by Crippen LogP contribution is 2.59. The molecule has 1 atom stereocenters. The fraction of sp³-hybridized carbons (Fsp3) is 0.889. The molecule has 56 valence electrons. The highest BCUT2D eigenvalue weighted by Gasteiger charge is 2.48. The average molecular weight is 138 g/mol. The van der Waals surface area contributed by atoms with E-state index in [2.05, 4.69) is 0 Å². The Bertz CT molecular complexity index is 168. The predicted octanol–water partition coefficient (Wildman–Crippen LogP) is 2.16. The van der Waals surface area contributed by atoms with Crippen LogP contribution in [0, 0.1) is 11.3 Å². The third-order valence-electron chi connectivity index (χ3n) is 3.23. The monoisotopic (exact) mass is 138 g/mol. The van der Waals surface area contributed by atoms with Crippen LogP contribution in [0.15, 0.2) is 0 Å². The molecule has 0 aromatic carbocycles. The number of carbonyl (C=O) groups excluding carboxylic acids is 1. The zero-order chi connectivity index (χ0) is 7.19. The minimum atomic E-state index is 0.420. The molecular formula is C9H14O. The number of hydrogen-bond donors (Lipinski definition) is 0. The molecule has 1 heteroatoms. The summed E-state index contributed by atoms with van der Waals surface area (Å²) < 4.78 is 0. The van der Waals surface area contributed by atoms with Gasteiger partial charge in [0.1, 0.15) is 5.78 Å². The van der Waals surface area contributed by atoms with Gasteiger partial charge in [0, 0.05) is 5.92 Å². The van der Waals surface area contributed by atoms with E-state index in [1.807, 2.05) is 0 Å². The lowest BCUT2D eigenvalue weighted by Gasteiger charge is -2.03. The van der Waals surface area contributed by atoms with E-state index in [0.717, 1.165) is 0 Å². The van der Waals surface area contributed by atoms with Crippen LogP contribution in [0.5, 0.6) is 0 Å². The van der Waals surface area contributed by atoms with E-state index < -0.39 is 0 Å². The van der Waals surface area contributed by atoms with E-state index in [0.29, 0.717) is 17.1 Å². The molecule has 0 radical (unpaired) electrons. The van der Waals surface area contributed by atoms with Gasteiger partial charge >= 0.3 is 0 Å². The second-order valence-corrected chi connectivity index (χ2v) is 4.05. The Morgan fingerprint density at radius 1 is 1.40 bits per heavy atom. The summed E-state index contributed by atoms with van der Waals surface area (Å²) in [5.41, 5.74) is 0.677. The van der Waals surface area contributed by atoms with Gasteiger partial charge in [-0.25, -0.2) is 0 Å². The van der Waals surface area contributed by atoms with E-state index in [4.69, 9.17) is 0 Å². The Morgan fingerprint density at radius 2 is 2.10 bits per heavy atom. The van der Waals surface area contributed by atoms with E-state index in [1.54, 1.807) is 6.92 Å². The smallest absolute Gasteiger partial charge is 0.132 e. The Labute approximate surface area is 61.8 Å². The first kappa shape index (κ1) is 6.38. The van der Waals surface area contributed by atoms with Gasteiger partial charge in [-0.05, 0) is 44.4 Å². The van der Waals surface area contributed by atoms with Gasteiger partial charge in [-0.3, -0.25) is 4.79 Å². The van der Waals surface area contributed by atoms with Crippen molar-refractivity contribution in [3.8, 4) is 0 Å². The van der Waals surface area contributed by atoms with Crippen molar-refractivity contribution >= 4 is 5.78 Å². The lowest BCUT2D eigenvalue weighted by atomic mass is 10.0. The second kappa shape index (κ2) is 1.84. The van der Waals surface area contributed by atoms with Crippen LogP contribution in [-0.2, 0) is 4.79 Å². The van der Waals surface area contributed by atoms with Crippen molar-refractivity contribution in [2.75, 3.05) is 0 Å². The van der Waals surface area contributed by atoms with Crippen molar-refractivity contribution < 1.29 is 4.79 Å². The summed E-state index contributed by atoms with van der Waals surface area (Å²) in [5.74, 6) is 0.853. The molecule has 2 rings (SSSR count). The molecule has 10 heavy (non-hydrogen) atoms. The highest BCUT2D eigenvalue weighted by molar-refractivity contribution is 5.78. The van der Waals surface area contributed by atoms with Crippen molar-refractivity contribution in [3.05, 3.63) is 0 Å². The fourth-order valence-corrected chi connectivity index (χ4v) is 2.19. The number of ketones is 1. The molecule has 2 fully saturated rings. The lowest BCUT2D eigenvalue weighted by molar-refractivity contribution is -0.120. The van der Waals surface area contributed by atoms with Crippen LogP contribution in [0.25, 0.3) is 0 Å². The highest BCUT2D eigenvalue weighted by atomic mass is 16.1. The minimum absolute atomic E-state index is 0.420. The molecule has 0 bridgehead atoms. The van der Waals surface area contributed by atoms with Crippen LogP contribution >= 0.6 is 0 Å². The zero-order valence-corrected chi connectivity index (χ0v) is 6.52. The summed E-state index contributed by atoms with van der Waals surface area (Å²) in [7, 11) is 0. The van der Waals surface area contributed by atoms with Gasteiger partial charge in [0.15, 0.2) is 0 Å². The molecule has 2 aliphatic carbocycles. The molecule has 0 saturated heterocycles. The first-order chi connectivity index (χ1) is 4.72. The molecule has 0 amide bonds. The van der Waals surface area contributed by atoms with Crippen molar-refractivity contribution in [1.82, 2.24) is 0 Å². The first-order valence-corrected chi connectivity index (χ1v) is 4.22. The number of hydrogen-bond acceptors (Lipinski definition) is 1. The largest absolute Gasteiger partial charge is 0.300 e. The van der Waals surface area contributed by atoms with Crippen LogP contribution in [0.1, 0.15) is 39.0 Å². The van der Waals surface area contributed by atoms with E-state index in [9.17, 15) is 4.79 Å². The van der Waals surface area contributed by atoms with Gasteiger partial charge in [0.05, 0.1) is 0 Å². The maximum Gasteiger partial charge on any atom is 0.132 e. The average Bonchev–Trinajstić information content (AvgIpc) is 2.41. The predicted molar refractivity (Wildman–Crippen MR) is 39.7 cm³/mol. The summed E-state index contributed by atoms with van der Waals surface area (Å²) >= 11 is 0. The van der Waals surface area contributed by atoms with Gasteiger partial charge in [-0.2, -0.15) is 0 Å². The molecular weight excluding hydrogens is 124 g/mol. The molecule has 1 spiro atoms. The molecule has 2 aliphatic rings. The lowest BCUT2D eigenvalue weighted by Crippen LogP contribution is -2.06. The summed E-state index contributed by atoms with van der Waals surface area (Å²) in [6, 6.07) is 0. The molecule has 1 nitrogen and oxygen atoms in total. The van der Waals surface area contributed by atoms with Crippen molar-refractivity contribution in [2.45, 2.75) is 39.0 Å². The Kier molecular flexibility index (Phi) is 1.17. The van der Waals surface area contributed by atoms with Crippen LogP contribution < -0.4 is 0 Å². The van der Waals surface area contributed by atoms with E-state index in [-0.39, 0.29) is 0 Å². The molecule has 0 aromatic heterocycles. The Balaban J connectivity index is 1.99. The fourth-order valence-electron chi connectivity index (χ4n) is 2.19. The second-order valence-electron chi connectivity index (χ2n) is 4.05. The van der Waals surface area contributed by atoms with E-state index in [1.165, 1.54) is 32.1 Å². The van der Waals surface area contributed by atoms with E-state index >= 15 is 0 Å². The van der Waals surface area contributed by atoms with Crippen molar-refractivity contribution in [2.24, 2.45) is 11.3 Å². The van der Waals surface area contributed by atoms with Gasteiger partial charge in [0.2, 0.25) is 0 Å². The maximum absolute atomic E-state index is 11.0. The van der Waals surface area contributed by atoms with Crippen LogP contribution in [0.4, 0.5) is 0 Å². The number of carbonyl (C=O) groups is 1. The first-order valence-electron chi connectivity index (χ1n) is 4.22. The quantitative estimate of drug-likeness (QED) is 0.542. The zero-order valence-electron chi connectivity index (χ0n) is 6.52. The summed E-state index contributed by atoms with van der Waals surface area (Å²) in [6.07, 6.45) is 6.52. The molecule has 0 N–H and O–H groups in total. The summed E-state index contributed by atoms with van der Waals surface area (Å²) in [4.78, 5) is 11.0. The SMILES string of the molecule is CC(=O)C1CCC2(CC2)C1. The van der Waals surface area contributed by atoms with Gasteiger partial charge < -0.3 is 0 Å². The van der Waals surface area contributed by atoms with Crippen molar-refractivity contribution in [3.63, 3.8) is 0 Å². The van der Waals surface area contributed by atoms with Crippen LogP contribution in [0.2, 0.25) is 0 Å². The Morgan fingerprint density at radius 3 is 2.40 bits per heavy atom. The Hall–Kier alpha value is -0.330. The van der Waals surface area contributed by atoms with Gasteiger partial charge in [-0.1, -0.05) is 0 Å². The van der Waals surface area contributed by atoms with Gasteiger partial charge in [-0.15, -0.1) is 0 Å².